The predicted molar refractivity (Wildman–Crippen MR) is 89.2 cm³/mol. The van der Waals surface area contributed by atoms with Gasteiger partial charge in [0.2, 0.25) is 0 Å². The smallest absolute Gasteiger partial charge is 0.160 e. The number of pyridine rings is 1. The van der Waals surface area contributed by atoms with Crippen LogP contribution in [0.5, 0.6) is 0 Å². The van der Waals surface area contributed by atoms with E-state index in [1.54, 1.807) is 6.26 Å². The number of nitrogens with zero attached hydrogens (tertiary/aromatic N) is 4. The zero-order valence-corrected chi connectivity index (χ0v) is 13.5. The summed E-state index contributed by atoms with van der Waals surface area (Å²) in [5.41, 5.74) is 1.91. The summed E-state index contributed by atoms with van der Waals surface area (Å²) in [5, 5.41) is 0. The van der Waals surface area contributed by atoms with Gasteiger partial charge < -0.3 is 8.98 Å². The van der Waals surface area contributed by atoms with Crippen LogP contribution in [0.25, 0.3) is 11.2 Å². The molecule has 4 heterocycles. The lowest BCUT2D eigenvalue weighted by molar-refractivity contribution is 0.147. The molecule has 23 heavy (non-hydrogen) atoms. The second kappa shape index (κ2) is 6.16. The van der Waals surface area contributed by atoms with Crippen molar-refractivity contribution < 1.29 is 4.42 Å². The van der Waals surface area contributed by atoms with Crippen LogP contribution < -0.4 is 0 Å². The van der Waals surface area contributed by atoms with Crippen LogP contribution in [0.3, 0.4) is 0 Å². The molecule has 0 aliphatic carbocycles. The van der Waals surface area contributed by atoms with E-state index in [1.165, 1.54) is 12.8 Å². The Morgan fingerprint density at radius 3 is 3.04 bits per heavy atom. The predicted octanol–water partition coefficient (Wildman–Crippen LogP) is 3.62. The number of likely N-dealkylation sites (tertiary alicyclic amines) is 1. The van der Waals surface area contributed by atoms with E-state index in [0.717, 1.165) is 42.3 Å². The van der Waals surface area contributed by atoms with Crippen molar-refractivity contribution in [3.05, 3.63) is 48.3 Å². The largest absolute Gasteiger partial charge is 0.467 e. The third-order valence-corrected chi connectivity index (χ3v) is 4.75. The van der Waals surface area contributed by atoms with Crippen LogP contribution in [0.15, 0.2) is 41.1 Å². The summed E-state index contributed by atoms with van der Waals surface area (Å²) in [6.07, 6.45) is 7.26. The molecule has 5 nitrogen and oxygen atoms in total. The maximum Gasteiger partial charge on any atom is 0.160 e. The average molecular weight is 310 g/mol. The molecule has 3 aromatic rings. The first-order valence-electron chi connectivity index (χ1n) is 8.44. The molecule has 3 aromatic heterocycles. The van der Waals surface area contributed by atoms with E-state index >= 15 is 0 Å². The second-order valence-corrected chi connectivity index (χ2v) is 6.12. The summed E-state index contributed by atoms with van der Waals surface area (Å²) in [6, 6.07) is 8.31. The number of hydrogen-bond acceptors (Lipinski definition) is 4. The maximum absolute atomic E-state index is 5.56. The molecule has 0 spiro atoms. The number of furan rings is 1. The quantitative estimate of drug-likeness (QED) is 0.738. The number of fused-ring (bicyclic) bond motifs is 1. The van der Waals surface area contributed by atoms with Gasteiger partial charge in [0.25, 0.3) is 0 Å². The molecule has 1 aliphatic heterocycles. The van der Waals surface area contributed by atoms with Gasteiger partial charge in [-0.3, -0.25) is 4.90 Å². The highest BCUT2D eigenvalue weighted by Gasteiger charge is 2.28. The van der Waals surface area contributed by atoms with Gasteiger partial charge in [-0.05, 0) is 50.2 Å². The van der Waals surface area contributed by atoms with Gasteiger partial charge in [-0.1, -0.05) is 13.3 Å². The average Bonchev–Trinajstić information content (AvgIpc) is 3.23. The number of hydrogen-bond donors (Lipinski definition) is 0. The summed E-state index contributed by atoms with van der Waals surface area (Å²) in [6.45, 7) is 5.13. The van der Waals surface area contributed by atoms with Crippen molar-refractivity contribution in [1.29, 1.82) is 0 Å². The maximum atomic E-state index is 5.56. The standard InChI is InChI=1S/C18H22N4O/c1-2-21-11-4-3-9-16(21)18-20-15-8-5-10-19-17(15)22(18)13-14-7-6-12-23-14/h5-8,10,12,16H,2-4,9,11,13H2,1H3. The van der Waals surface area contributed by atoms with Crippen LogP contribution in [0.4, 0.5) is 0 Å². The first-order chi connectivity index (χ1) is 11.4. The minimum atomic E-state index is 0.373. The molecule has 4 rings (SSSR count). The number of piperidine rings is 1. The van der Waals surface area contributed by atoms with Gasteiger partial charge in [-0.2, -0.15) is 0 Å². The van der Waals surface area contributed by atoms with Crippen LogP contribution in [0, 0.1) is 0 Å². The summed E-state index contributed by atoms with van der Waals surface area (Å²) < 4.78 is 7.79. The Kier molecular flexibility index (Phi) is 3.87. The molecule has 1 aliphatic rings. The Hall–Kier alpha value is -2.14. The highest BCUT2D eigenvalue weighted by molar-refractivity contribution is 5.71. The monoisotopic (exact) mass is 310 g/mol. The molecule has 0 radical (unpaired) electrons. The number of imidazole rings is 1. The molecule has 1 fully saturated rings. The zero-order chi connectivity index (χ0) is 15.6. The van der Waals surface area contributed by atoms with Crippen LogP contribution in [-0.2, 0) is 6.54 Å². The van der Waals surface area contributed by atoms with Crippen molar-refractivity contribution in [1.82, 2.24) is 19.4 Å². The summed E-state index contributed by atoms with van der Waals surface area (Å²) in [4.78, 5) is 12.0. The molecular weight excluding hydrogens is 288 g/mol. The summed E-state index contributed by atoms with van der Waals surface area (Å²) in [7, 11) is 0. The van der Waals surface area contributed by atoms with Gasteiger partial charge in [-0.15, -0.1) is 0 Å². The normalized spacial score (nSPS) is 19.4. The topological polar surface area (TPSA) is 47.1 Å². The van der Waals surface area contributed by atoms with Crippen LogP contribution in [-0.4, -0.2) is 32.5 Å². The highest BCUT2D eigenvalue weighted by Crippen LogP contribution is 2.32. The molecule has 0 saturated carbocycles. The van der Waals surface area contributed by atoms with E-state index < -0.39 is 0 Å². The van der Waals surface area contributed by atoms with E-state index in [-0.39, 0.29) is 0 Å². The summed E-state index contributed by atoms with van der Waals surface area (Å²) >= 11 is 0. The Balaban J connectivity index is 1.81. The molecule has 0 aromatic carbocycles. The van der Waals surface area contributed by atoms with Crippen LogP contribution in [0.1, 0.15) is 43.8 Å². The zero-order valence-electron chi connectivity index (χ0n) is 13.5. The van der Waals surface area contributed by atoms with E-state index in [9.17, 15) is 0 Å². The van der Waals surface area contributed by atoms with E-state index in [0.29, 0.717) is 12.6 Å². The third kappa shape index (κ3) is 2.65. The lowest BCUT2D eigenvalue weighted by Gasteiger charge is -2.34. The fourth-order valence-corrected chi connectivity index (χ4v) is 3.61. The first-order valence-corrected chi connectivity index (χ1v) is 8.44. The minimum Gasteiger partial charge on any atom is -0.467 e. The van der Waals surface area contributed by atoms with Gasteiger partial charge in [0.05, 0.1) is 18.8 Å². The van der Waals surface area contributed by atoms with Crippen LogP contribution in [0.2, 0.25) is 0 Å². The van der Waals surface area contributed by atoms with Crippen molar-refractivity contribution in [2.45, 2.75) is 38.8 Å². The summed E-state index contributed by atoms with van der Waals surface area (Å²) in [5.74, 6) is 2.06. The number of aromatic nitrogens is 3. The number of rotatable bonds is 4. The Bertz CT molecular complexity index is 778. The Morgan fingerprint density at radius 1 is 1.26 bits per heavy atom. The molecule has 120 valence electrons. The third-order valence-electron chi connectivity index (χ3n) is 4.75. The van der Waals surface area contributed by atoms with E-state index in [2.05, 4.69) is 21.4 Å². The molecule has 0 bridgehead atoms. The van der Waals surface area contributed by atoms with Crippen molar-refractivity contribution in [3.63, 3.8) is 0 Å². The van der Waals surface area contributed by atoms with E-state index in [4.69, 9.17) is 9.40 Å². The second-order valence-electron chi connectivity index (χ2n) is 6.12. The van der Waals surface area contributed by atoms with Gasteiger partial charge in [-0.25, -0.2) is 9.97 Å². The van der Waals surface area contributed by atoms with Crippen molar-refractivity contribution in [2.75, 3.05) is 13.1 Å². The van der Waals surface area contributed by atoms with Gasteiger partial charge in [0.1, 0.15) is 17.1 Å². The lowest BCUT2D eigenvalue weighted by Crippen LogP contribution is -2.34. The van der Waals surface area contributed by atoms with Gasteiger partial charge >= 0.3 is 0 Å². The molecule has 0 amide bonds. The fourth-order valence-electron chi connectivity index (χ4n) is 3.61. The Morgan fingerprint density at radius 2 is 2.22 bits per heavy atom. The minimum absolute atomic E-state index is 0.373. The molecule has 1 saturated heterocycles. The lowest BCUT2D eigenvalue weighted by atomic mass is 10.0. The molecule has 1 unspecified atom stereocenters. The highest BCUT2D eigenvalue weighted by atomic mass is 16.3. The van der Waals surface area contributed by atoms with Crippen molar-refractivity contribution >= 4 is 11.2 Å². The molecule has 0 N–H and O–H groups in total. The Labute approximate surface area is 135 Å². The van der Waals surface area contributed by atoms with Gasteiger partial charge in [0, 0.05) is 6.20 Å². The fraction of sp³-hybridized carbons (Fsp3) is 0.444. The van der Waals surface area contributed by atoms with E-state index in [1.807, 2.05) is 30.5 Å². The first kappa shape index (κ1) is 14.5. The molecular formula is C18H22N4O. The van der Waals surface area contributed by atoms with Crippen LogP contribution >= 0.6 is 0 Å². The van der Waals surface area contributed by atoms with Crippen molar-refractivity contribution in [2.24, 2.45) is 0 Å². The van der Waals surface area contributed by atoms with Gasteiger partial charge in [0.15, 0.2) is 5.65 Å². The SMILES string of the molecule is CCN1CCCCC1c1nc2cccnc2n1Cc1ccco1. The van der Waals surface area contributed by atoms with Crippen molar-refractivity contribution in [3.8, 4) is 0 Å². The molecule has 1 atom stereocenters. The molecule has 5 heteroatoms.